The number of nitrogens with zero attached hydrogens (tertiary/aromatic N) is 2. The first kappa shape index (κ1) is 14.1. The number of hydrogen-bond donors (Lipinski definition) is 1. The number of carbonyl (C=O) groups excluding carboxylic acids is 1. The van der Waals surface area contributed by atoms with Crippen molar-refractivity contribution in [2.24, 2.45) is 12.8 Å². The second-order valence-corrected chi connectivity index (χ2v) is 5.18. The Morgan fingerprint density at radius 1 is 1.23 bits per heavy atom. The number of rotatable bonds is 4. The summed E-state index contributed by atoms with van der Waals surface area (Å²) in [6, 6.07) is 11.6. The average Bonchev–Trinajstić information content (AvgIpc) is 2.89. The number of aromatic nitrogens is 2. The SMILES string of the molecule is CC(Oc1ccccc1-c1ccnc2c1ccn2C)C(N)=O. The highest BCUT2D eigenvalue weighted by atomic mass is 16.5. The molecule has 5 nitrogen and oxygen atoms in total. The molecule has 5 heteroatoms. The lowest BCUT2D eigenvalue weighted by atomic mass is 10.0. The standard InChI is InChI=1S/C17H17N3O2/c1-11(16(18)21)22-15-6-4-3-5-13(15)12-7-9-19-17-14(12)8-10-20(17)2/h3-11H,1-2H3,(H2,18,21). The average molecular weight is 295 g/mol. The zero-order valence-corrected chi connectivity index (χ0v) is 12.5. The Labute approximate surface area is 128 Å². The molecule has 1 unspecified atom stereocenters. The van der Waals surface area contributed by atoms with Gasteiger partial charge in [-0.2, -0.15) is 0 Å². The molecule has 0 aliphatic carbocycles. The molecule has 2 heterocycles. The number of fused-ring (bicyclic) bond motifs is 1. The first-order chi connectivity index (χ1) is 10.6. The molecule has 2 N–H and O–H groups in total. The second kappa shape index (κ2) is 5.52. The summed E-state index contributed by atoms with van der Waals surface area (Å²) in [5.74, 6) is 0.138. The molecule has 0 fully saturated rings. The van der Waals surface area contributed by atoms with Gasteiger partial charge < -0.3 is 15.0 Å². The van der Waals surface area contributed by atoms with Gasteiger partial charge in [-0.15, -0.1) is 0 Å². The predicted molar refractivity (Wildman–Crippen MR) is 85.4 cm³/mol. The summed E-state index contributed by atoms with van der Waals surface area (Å²) in [4.78, 5) is 15.6. The lowest BCUT2D eigenvalue weighted by molar-refractivity contribution is -0.123. The van der Waals surface area contributed by atoms with Crippen molar-refractivity contribution in [3.63, 3.8) is 0 Å². The quantitative estimate of drug-likeness (QED) is 0.804. The minimum Gasteiger partial charge on any atom is -0.480 e. The van der Waals surface area contributed by atoms with E-state index < -0.39 is 12.0 Å². The van der Waals surface area contributed by atoms with Crippen LogP contribution in [0.1, 0.15) is 6.92 Å². The van der Waals surface area contributed by atoms with Crippen LogP contribution in [0.25, 0.3) is 22.2 Å². The maximum atomic E-state index is 11.3. The Balaban J connectivity index is 2.13. The van der Waals surface area contributed by atoms with Gasteiger partial charge in [0.25, 0.3) is 5.91 Å². The molecular weight excluding hydrogens is 278 g/mol. The number of primary amides is 1. The minimum atomic E-state index is -0.686. The molecule has 0 bridgehead atoms. The van der Waals surface area contributed by atoms with Crippen LogP contribution < -0.4 is 10.5 Å². The summed E-state index contributed by atoms with van der Waals surface area (Å²) in [6.07, 6.45) is 3.05. The van der Waals surface area contributed by atoms with Crippen LogP contribution in [0.15, 0.2) is 48.8 Å². The third-order valence-electron chi connectivity index (χ3n) is 3.65. The third-order valence-corrected chi connectivity index (χ3v) is 3.65. The molecule has 0 aliphatic rings. The van der Waals surface area contributed by atoms with Gasteiger partial charge in [0.2, 0.25) is 0 Å². The fourth-order valence-electron chi connectivity index (χ4n) is 2.44. The van der Waals surface area contributed by atoms with Crippen molar-refractivity contribution in [3.8, 4) is 16.9 Å². The maximum absolute atomic E-state index is 11.3. The number of para-hydroxylation sites is 1. The Morgan fingerprint density at radius 2 is 2.00 bits per heavy atom. The molecule has 1 aromatic carbocycles. The van der Waals surface area contributed by atoms with Gasteiger partial charge in [-0.25, -0.2) is 4.98 Å². The molecule has 0 saturated carbocycles. The van der Waals surface area contributed by atoms with E-state index in [4.69, 9.17) is 10.5 Å². The van der Waals surface area contributed by atoms with Gasteiger partial charge in [0.15, 0.2) is 6.10 Å². The number of pyridine rings is 1. The maximum Gasteiger partial charge on any atom is 0.258 e. The largest absolute Gasteiger partial charge is 0.480 e. The first-order valence-electron chi connectivity index (χ1n) is 7.03. The zero-order valence-electron chi connectivity index (χ0n) is 12.5. The van der Waals surface area contributed by atoms with Crippen molar-refractivity contribution in [2.75, 3.05) is 0 Å². The van der Waals surface area contributed by atoms with Crippen LogP contribution in [0.3, 0.4) is 0 Å². The summed E-state index contributed by atoms with van der Waals surface area (Å²) < 4.78 is 7.68. The van der Waals surface area contributed by atoms with E-state index in [2.05, 4.69) is 4.98 Å². The number of ether oxygens (including phenoxy) is 1. The van der Waals surface area contributed by atoms with Crippen LogP contribution in [0.5, 0.6) is 5.75 Å². The number of hydrogen-bond acceptors (Lipinski definition) is 3. The second-order valence-electron chi connectivity index (χ2n) is 5.18. The lowest BCUT2D eigenvalue weighted by Gasteiger charge is -2.15. The summed E-state index contributed by atoms with van der Waals surface area (Å²) in [5.41, 5.74) is 8.11. The van der Waals surface area contributed by atoms with Crippen LogP contribution in [0, 0.1) is 0 Å². The Bertz CT molecular complexity index is 839. The van der Waals surface area contributed by atoms with Crippen LogP contribution in [-0.4, -0.2) is 21.6 Å². The Hall–Kier alpha value is -2.82. The fraction of sp³-hybridized carbons (Fsp3) is 0.176. The zero-order chi connectivity index (χ0) is 15.7. The van der Waals surface area contributed by atoms with E-state index in [9.17, 15) is 4.79 Å². The molecule has 0 saturated heterocycles. The number of carbonyl (C=O) groups is 1. The molecule has 3 aromatic rings. The highest BCUT2D eigenvalue weighted by molar-refractivity contribution is 5.95. The van der Waals surface area contributed by atoms with Crippen molar-refractivity contribution in [1.82, 2.24) is 9.55 Å². The van der Waals surface area contributed by atoms with Crippen LogP contribution in [0.2, 0.25) is 0 Å². The highest BCUT2D eigenvalue weighted by Crippen LogP contribution is 2.34. The van der Waals surface area contributed by atoms with Gasteiger partial charge in [-0.1, -0.05) is 18.2 Å². The van der Waals surface area contributed by atoms with E-state index in [0.717, 1.165) is 22.2 Å². The van der Waals surface area contributed by atoms with E-state index in [1.54, 1.807) is 13.1 Å². The molecular formula is C17H17N3O2. The molecule has 22 heavy (non-hydrogen) atoms. The number of nitrogens with two attached hydrogens (primary N) is 1. The number of benzene rings is 1. The van der Waals surface area contributed by atoms with Crippen molar-refractivity contribution < 1.29 is 9.53 Å². The van der Waals surface area contributed by atoms with Gasteiger partial charge in [0, 0.05) is 30.4 Å². The molecule has 1 amide bonds. The number of amides is 1. The van der Waals surface area contributed by atoms with Gasteiger partial charge in [0.1, 0.15) is 11.4 Å². The van der Waals surface area contributed by atoms with E-state index in [0.29, 0.717) is 5.75 Å². The van der Waals surface area contributed by atoms with E-state index in [1.165, 1.54) is 0 Å². The van der Waals surface area contributed by atoms with Crippen molar-refractivity contribution >= 4 is 16.9 Å². The smallest absolute Gasteiger partial charge is 0.258 e. The molecule has 0 spiro atoms. The van der Waals surface area contributed by atoms with Gasteiger partial charge in [0.05, 0.1) is 0 Å². The van der Waals surface area contributed by atoms with E-state index in [-0.39, 0.29) is 0 Å². The molecule has 2 aromatic heterocycles. The number of aryl methyl sites for hydroxylation is 1. The van der Waals surface area contributed by atoms with E-state index in [1.807, 2.05) is 54.2 Å². The topological polar surface area (TPSA) is 70.1 Å². The van der Waals surface area contributed by atoms with Crippen molar-refractivity contribution in [2.45, 2.75) is 13.0 Å². The monoisotopic (exact) mass is 295 g/mol. The fourth-order valence-corrected chi connectivity index (χ4v) is 2.44. The normalized spacial score (nSPS) is 12.3. The van der Waals surface area contributed by atoms with Crippen molar-refractivity contribution in [1.29, 1.82) is 0 Å². The third kappa shape index (κ3) is 2.41. The summed E-state index contributed by atoms with van der Waals surface area (Å²) in [6.45, 7) is 1.64. The highest BCUT2D eigenvalue weighted by Gasteiger charge is 2.15. The Kier molecular flexibility index (Phi) is 3.55. The Morgan fingerprint density at radius 3 is 2.77 bits per heavy atom. The lowest BCUT2D eigenvalue weighted by Crippen LogP contribution is -2.30. The van der Waals surface area contributed by atoms with Gasteiger partial charge in [-0.3, -0.25) is 4.79 Å². The van der Waals surface area contributed by atoms with E-state index >= 15 is 0 Å². The molecule has 0 radical (unpaired) electrons. The van der Waals surface area contributed by atoms with Crippen LogP contribution in [0.4, 0.5) is 0 Å². The summed E-state index contributed by atoms with van der Waals surface area (Å²) >= 11 is 0. The molecule has 112 valence electrons. The van der Waals surface area contributed by atoms with Crippen molar-refractivity contribution in [3.05, 3.63) is 48.8 Å². The molecule has 0 aliphatic heterocycles. The first-order valence-corrected chi connectivity index (χ1v) is 7.03. The summed E-state index contributed by atoms with van der Waals surface area (Å²) in [5, 5.41) is 1.03. The van der Waals surface area contributed by atoms with Gasteiger partial charge >= 0.3 is 0 Å². The van der Waals surface area contributed by atoms with Gasteiger partial charge in [-0.05, 0) is 30.7 Å². The molecule has 1 atom stereocenters. The van der Waals surface area contributed by atoms with Crippen LogP contribution >= 0.6 is 0 Å². The predicted octanol–water partition coefficient (Wildman–Crippen LogP) is 2.49. The molecule has 3 rings (SSSR count). The minimum absolute atomic E-state index is 0.491. The summed E-state index contributed by atoms with van der Waals surface area (Å²) in [7, 11) is 1.96. The van der Waals surface area contributed by atoms with Crippen LogP contribution in [-0.2, 0) is 11.8 Å².